The number of nitrogen functional groups attached to an aromatic ring is 1. The number of hydrogen-bond donors (Lipinski definition) is 1. The van der Waals surface area contributed by atoms with E-state index in [0.717, 1.165) is 33.5 Å². The van der Waals surface area contributed by atoms with Gasteiger partial charge in [-0.2, -0.15) is 0 Å². The first-order valence-electron chi connectivity index (χ1n) is 13.1. The van der Waals surface area contributed by atoms with Crippen molar-refractivity contribution in [3.8, 4) is 22.3 Å². The van der Waals surface area contributed by atoms with E-state index in [9.17, 15) is 0 Å². The van der Waals surface area contributed by atoms with Gasteiger partial charge < -0.3 is 5.73 Å². The molecule has 1 unspecified atom stereocenters. The van der Waals surface area contributed by atoms with E-state index in [0.29, 0.717) is 0 Å². The number of aryl methyl sites for hydroxylation is 4. The molecule has 0 fully saturated rings. The summed E-state index contributed by atoms with van der Waals surface area (Å²) in [5, 5.41) is 0. The van der Waals surface area contributed by atoms with Gasteiger partial charge in [0.15, 0.2) is 0 Å². The average molecular weight is 486 g/mol. The molecule has 2 N–H and O–H groups in total. The van der Waals surface area contributed by atoms with Gasteiger partial charge in [0.25, 0.3) is 0 Å². The van der Waals surface area contributed by atoms with Crippen molar-refractivity contribution in [2.24, 2.45) is 0 Å². The van der Waals surface area contributed by atoms with E-state index < -0.39 is 0 Å². The van der Waals surface area contributed by atoms with E-state index in [1.54, 1.807) is 0 Å². The standard InChI is InChI=1S/C36H39N/c1-22(2)27(7)35-32(19-16-29-12-10-9-11-13-29)36(37)34(31-18-15-24(4)26(6)21-31)28(8)33(35)30-17-14-23(3)25(5)20-30/h9-21,27H,1,37H2,2-8H3/b19-16+. The third-order valence-electron chi connectivity index (χ3n) is 7.87. The lowest BCUT2D eigenvalue weighted by atomic mass is 9.78. The van der Waals surface area contributed by atoms with Crippen molar-refractivity contribution >= 4 is 17.8 Å². The summed E-state index contributed by atoms with van der Waals surface area (Å²) in [6, 6.07) is 23.9. The number of benzene rings is 4. The number of nitrogens with two attached hydrogens (primary N) is 1. The van der Waals surface area contributed by atoms with Crippen LogP contribution >= 0.6 is 0 Å². The Kier molecular flexibility index (Phi) is 7.55. The van der Waals surface area contributed by atoms with Crippen LogP contribution < -0.4 is 5.73 Å². The monoisotopic (exact) mass is 485 g/mol. The minimum Gasteiger partial charge on any atom is -0.398 e. The molecule has 0 heterocycles. The lowest BCUT2D eigenvalue weighted by Gasteiger charge is -2.27. The summed E-state index contributed by atoms with van der Waals surface area (Å²) in [6.45, 7) is 19.6. The normalized spacial score (nSPS) is 12.2. The van der Waals surface area contributed by atoms with E-state index >= 15 is 0 Å². The maximum Gasteiger partial charge on any atom is 0.0473 e. The topological polar surface area (TPSA) is 26.0 Å². The molecule has 0 amide bonds. The van der Waals surface area contributed by atoms with E-state index in [-0.39, 0.29) is 5.92 Å². The zero-order valence-electron chi connectivity index (χ0n) is 23.4. The Bertz CT molecular complexity index is 1500. The second kappa shape index (κ2) is 10.6. The summed E-state index contributed by atoms with van der Waals surface area (Å²) >= 11 is 0. The third-order valence-corrected chi connectivity index (χ3v) is 7.87. The number of hydrogen-bond acceptors (Lipinski definition) is 1. The Labute approximate surface area is 223 Å². The van der Waals surface area contributed by atoms with E-state index in [2.05, 4.69) is 128 Å². The van der Waals surface area contributed by atoms with Crippen LogP contribution in [0.5, 0.6) is 0 Å². The Hall–Kier alpha value is -3.84. The quantitative estimate of drug-likeness (QED) is 0.164. The molecule has 0 bridgehead atoms. The maximum absolute atomic E-state index is 7.13. The van der Waals surface area contributed by atoms with Crippen LogP contribution in [-0.4, -0.2) is 0 Å². The second-order valence-corrected chi connectivity index (χ2v) is 10.5. The van der Waals surface area contributed by atoms with Crippen LogP contribution in [0.2, 0.25) is 0 Å². The highest BCUT2D eigenvalue weighted by atomic mass is 14.6. The fraction of sp³-hybridized carbons (Fsp3) is 0.222. The summed E-state index contributed by atoms with van der Waals surface area (Å²) in [6.07, 6.45) is 4.37. The molecular weight excluding hydrogens is 446 g/mol. The van der Waals surface area contributed by atoms with Crippen LogP contribution in [0.3, 0.4) is 0 Å². The van der Waals surface area contributed by atoms with Crippen LogP contribution in [0.25, 0.3) is 34.4 Å². The fourth-order valence-corrected chi connectivity index (χ4v) is 5.10. The summed E-state index contributed by atoms with van der Waals surface area (Å²) in [5.74, 6) is 0.141. The SMILES string of the molecule is C=C(C)C(C)c1c(/C=C/c2ccccc2)c(N)c(-c2ccc(C)c(C)c2)c(C)c1-c1ccc(C)c(C)c1. The molecule has 4 aromatic carbocycles. The molecule has 0 radical (unpaired) electrons. The summed E-state index contributed by atoms with van der Waals surface area (Å²) in [7, 11) is 0. The Morgan fingerprint density at radius 3 is 1.78 bits per heavy atom. The van der Waals surface area contributed by atoms with Crippen molar-refractivity contribution in [2.75, 3.05) is 5.73 Å². The molecule has 1 heteroatoms. The van der Waals surface area contributed by atoms with Crippen molar-refractivity contribution in [1.82, 2.24) is 0 Å². The molecule has 0 saturated heterocycles. The summed E-state index contributed by atoms with van der Waals surface area (Å²) in [4.78, 5) is 0. The predicted octanol–water partition coefficient (Wildman–Crippen LogP) is 9.99. The van der Waals surface area contributed by atoms with Crippen LogP contribution in [0.15, 0.2) is 78.9 Å². The molecule has 0 aromatic heterocycles. The molecule has 4 aromatic rings. The van der Waals surface area contributed by atoms with Crippen molar-refractivity contribution in [2.45, 2.75) is 54.4 Å². The van der Waals surface area contributed by atoms with Gasteiger partial charge in [0.1, 0.15) is 0 Å². The highest BCUT2D eigenvalue weighted by Gasteiger charge is 2.25. The van der Waals surface area contributed by atoms with Gasteiger partial charge in [-0.1, -0.05) is 98.0 Å². The van der Waals surface area contributed by atoms with Gasteiger partial charge in [-0.05, 0) is 97.2 Å². The van der Waals surface area contributed by atoms with Crippen LogP contribution in [0.1, 0.15) is 64.3 Å². The van der Waals surface area contributed by atoms with Crippen molar-refractivity contribution in [1.29, 1.82) is 0 Å². The highest BCUT2D eigenvalue weighted by molar-refractivity contribution is 5.96. The number of rotatable bonds is 6. The van der Waals surface area contributed by atoms with Gasteiger partial charge >= 0.3 is 0 Å². The van der Waals surface area contributed by atoms with Gasteiger partial charge in [-0.15, -0.1) is 0 Å². The van der Waals surface area contributed by atoms with Crippen molar-refractivity contribution in [3.63, 3.8) is 0 Å². The molecule has 0 aliphatic heterocycles. The molecule has 0 spiro atoms. The molecule has 1 atom stereocenters. The predicted molar refractivity (Wildman–Crippen MR) is 164 cm³/mol. The first kappa shape index (κ1) is 26.2. The molecule has 0 aliphatic rings. The van der Waals surface area contributed by atoms with E-state index in [1.807, 2.05) is 6.07 Å². The Morgan fingerprint density at radius 1 is 0.730 bits per heavy atom. The zero-order chi connectivity index (χ0) is 26.9. The minimum absolute atomic E-state index is 0.141. The summed E-state index contributed by atoms with van der Waals surface area (Å²) < 4.78 is 0. The van der Waals surface area contributed by atoms with Crippen molar-refractivity contribution in [3.05, 3.63) is 123 Å². The van der Waals surface area contributed by atoms with Gasteiger partial charge in [0.2, 0.25) is 0 Å². The molecule has 0 saturated carbocycles. The molecule has 188 valence electrons. The van der Waals surface area contributed by atoms with Gasteiger partial charge in [-0.3, -0.25) is 0 Å². The average Bonchev–Trinajstić information content (AvgIpc) is 2.87. The van der Waals surface area contributed by atoms with Gasteiger partial charge in [0, 0.05) is 22.7 Å². The largest absolute Gasteiger partial charge is 0.398 e. The van der Waals surface area contributed by atoms with Crippen molar-refractivity contribution < 1.29 is 0 Å². The highest BCUT2D eigenvalue weighted by Crippen LogP contribution is 2.47. The van der Waals surface area contributed by atoms with Gasteiger partial charge in [0.05, 0.1) is 0 Å². The first-order valence-corrected chi connectivity index (χ1v) is 13.1. The Balaban J connectivity index is 2.14. The molecule has 1 nitrogen and oxygen atoms in total. The van der Waals surface area contributed by atoms with E-state index in [1.165, 1.54) is 44.5 Å². The molecule has 37 heavy (non-hydrogen) atoms. The Morgan fingerprint density at radius 2 is 1.27 bits per heavy atom. The molecule has 4 rings (SSSR count). The van der Waals surface area contributed by atoms with Crippen LogP contribution in [0, 0.1) is 34.6 Å². The number of anilines is 1. The maximum atomic E-state index is 7.13. The smallest absolute Gasteiger partial charge is 0.0473 e. The fourth-order valence-electron chi connectivity index (χ4n) is 5.10. The zero-order valence-corrected chi connectivity index (χ0v) is 23.4. The molecular formula is C36H39N. The first-order chi connectivity index (χ1) is 17.6. The molecule has 0 aliphatic carbocycles. The lowest BCUT2D eigenvalue weighted by molar-refractivity contribution is 0.897. The van der Waals surface area contributed by atoms with E-state index in [4.69, 9.17) is 5.73 Å². The minimum atomic E-state index is 0.141. The number of allylic oxidation sites excluding steroid dienone is 1. The second-order valence-electron chi connectivity index (χ2n) is 10.5. The lowest BCUT2D eigenvalue weighted by Crippen LogP contribution is -2.09. The van der Waals surface area contributed by atoms with Crippen LogP contribution in [0.4, 0.5) is 5.69 Å². The van der Waals surface area contributed by atoms with Gasteiger partial charge in [-0.25, -0.2) is 0 Å². The third kappa shape index (κ3) is 5.18. The van der Waals surface area contributed by atoms with Crippen LogP contribution in [-0.2, 0) is 0 Å². The summed E-state index contributed by atoms with van der Waals surface area (Å²) in [5.41, 5.74) is 23.6.